The van der Waals surface area contributed by atoms with Crippen molar-refractivity contribution >= 4 is 5.91 Å². The highest BCUT2D eigenvalue weighted by atomic mass is 19.4. The van der Waals surface area contributed by atoms with E-state index >= 15 is 0 Å². The summed E-state index contributed by atoms with van der Waals surface area (Å²) in [6.45, 7) is 1.69. The number of ether oxygens (including phenoxy) is 2. The first-order chi connectivity index (χ1) is 11.9. The third-order valence-electron chi connectivity index (χ3n) is 4.73. The normalized spacial score (nSPS) is 22.7. The van der Waals surface area contributed by atoms with E-state index in [0.717, 1.165) is 37.8 Å². The summed E-state index contributed by atoms with van der Waals surface area (Å²) < 4.78 is 49.1. The van der Waals surface area contributed by atoms with Gasteiger partial charge in [-0.25, -0.2) is 0 Å². The lowest BCUT2D eigenvalue weighted by Crippen LogP contribution is -2.42. The van der Waals surface area contributed by atoms with Gasteiger partial charge in [-0.1, -0.05) is 12.8 Å². The molecule has 1 aliphatic carbocycles. The molecule has 0 radical (unpaired) electrons. The Hall–Kier alpha value is -1.76. The molecule has 0 unspecified atom stereocenters. The monoisotopic (exact) mass is 357 g/mol. The van der Waals surface area contributed by atoms with Crippen molar-refractivity contribution < 1.29 is 27.4 Å². The summed E-state index contributed by atoms with van der Waals surface area (Å²) in [7, 11) is 0. The molecular weight excluding hydrogens is 335 g/mol. The summed E-state index contributed by atoms with van der Waals surface area (Å²) in [6.07, 6.45) is -0.710. The van der Waals surface area contributed by atoms with Crippen LogP contribution in [0, 0.1) is 5.92 Å². The van der Waals surface area contributed by atoms with E-state index in [0.29, 0.717) is 32.1 Å². The van der Waals surface area contributed by atoms with Crippen LogP contribution in [0.5, 0.6) is 5.75 Å². The molecule has 0 N–H and O–H groups in total. The van der Waals surface area contributed by atoms with Crippen LogP contribution in [0.3, 0.4) is 0 Å². The number of alkyl halides is 3. The van der Waals surface area contributed by atoms with Crippen LogP contribution in [-0.2, 0) is 15.7 Å². The van der Waals surface area contributed by atoms with Crippen LogP contribution in [-0.4, -0.2) is 43.2 Å². The van der Waals surface area contributed by atoms with Gasteiger partial charge in [0.15, 0.2) is 0 Å². The maximum Gasteiger partial charge on any atom is 0.416 e. The Morgan fingerprint density at radius 1 is 1.16 bits per heavy atom. The molecule has 0 bridgehead atoms. The molecule has 0 spiro atoms. The van der Waals surface area contributed by atoms with Crippen LogP contribution >= 0.6 is 0 Å². The Labute approximate surface area is 144 Å². The molecule has 4 nitrogen and oxygen atoms in total. The average Bonchev–Trinajstić information content (AvgIpc) is 3.01. The highest BCUT2D eigenvalue weighted by Crippen LogP contribution is 2.31. The van der Waals surface area contributed by atoms with Gasteiger partial charge in [-0.2, -0.15) is 13.2 Å². The second kappa shape index (κ2) is 7.64. The molecule has 1 saturated carbocycles. The van der Waals surface area contributed by atoms with Gasteiger partial charge in [-0.05, 0) is 37.1 Å². The smallest absolute Gasteiger partial charge is 0.416 e. The number of halogens is 3. The minimum Gasteiger partial charge on any atom is -0.486 e. The van der Waals surface area contributed by atoms with Crippen LogP contribution in [0.25, 0.3) is 0 Å². The van der Waals surface area contributed by atoms with Crippen molar-refractivity contribution in [1.29, 1.82) is 0 Å². The van der Waals surface area contributed by atoms with Crippen LogP contribution in [0.1, 0.15) is 31.2 Å². The number of carbonyl (C=O) groups is 1. The number of rotatable bonds is 3. The fourth-order valence-electron chi connectivity index (χ4n) is 3.40. The molecule has 138 valence electrons. The van der Waals surface area contributed by atoms with E-state index in [2.05, 4.69) is 0 Å². The molecular formula is C18H22F3NO3. The standard InChI is InChI=1S/C18H22F3NO3/c19-18(20,21)14-5-7-15(8-6-14)25-16-11-22(9-10-24-12-16)17(23)13-3-1-2-4-13/h5-8,13,16H,1-4,9-12H2/t16-/m1/s1. The Balaban J connectivity index is 1.62. The molecule has 1 aromatic carbocycles. The molecule has 1 heterocycles. The van der Waals surface area contributed by atoms with Gasteiger partial charge < -0.3 is 14.4 Å². The van der Waals surface area contributed by atoms with Gasteiger partial charge in [-0.3, -0.25) is 4.79 Å². The van der Waals surface area contributed by atoms with Gasteiger partial charge >= 0.3 is 6.18 Å². The third-order valence-corrected chi connectivity index (χ3v) is 4.73. The highest BCUT2D eigenvalue weighted by Gasteiger charge is 2.32. The number of hydrogen-bond acceptors (Lipinski definition) is 3. The molecule has 1 amide bonds. The van der Waals surface area contributed by atoms with Crippen molar-refractivity contribution in [3.05, 3.63) is 29.8 Å². The van der Waals surface area contributed by atoms with E-state index in [-0.39, 0.29) is 17.9 Å². The summed E-state index contributed by atoms with van der Waals surface area (Å²) in [4.78, 5) is 14.4. The third kappa shape index (κ3) is 4.66. The lowest BCUT2D eigenvalue weighted by Gasteiger charge is -2.26. The van der Waals surface area contributed by atoms with Gasteiger partial charge in [0.05, 0.1) is 25.3 Å². The SMILES string of the molecule is O=C(C1CCCC1)N1CCOC[C@H](Oc2ccc(C(F)(F)F)cc2)C1. The fraction of sp³-hybridized carbons (Fsp3) is 0.611. The van der Waals surface area contributed by atoms with Gasteiger partial charge in [0.2, 0.25) is 5.91 Å². The van der Waals surface area contributed by atoms with Crippen molar-refractivity contribution in [3.63, 3.8) is 0 Å². The van der Waals surface area contributed by atoms with Crippen LogP contribution in [0.4, 0.5) is 13.2 Å². The Kier molecular flexibility index (Phi) is 5.51. The molecule has 2 aliphatic rings. The summed E-state index contributed by atoms with van der Waals surface area (Å²) in [5.74, 6) is 0.575. The summed E-state index contributed by atoms with van der Waals surface area (Å²) in [6, 6.07) is 4.59. The largest absolute Gasteiger partial charge is 0.486 e. The summed E-state index contributed by atoms with van der Waals surface area (Å²) >= 11 is 0. The zero-order valence-electron chi connectivity index (χ0n) is 13.9. The minimum absolute atomic E-state index is 0.0878. The number of nitrogens with zero attached hydrogens (tertiary/aromatic N) is 1. The molecule has 3 rings (SSSR count). The van der Waals surface area contributed by atoms with E-state index in [9.17, 15) is 18.0 Å². The zero-order valence-corrected chi connectivity index (χ0v) is 13.9. The molecule has 25 heavy (non-hydrogen) atoms. The molecule has 0 aromatic heterocycles. The first-order valence-electron chi connectivity index (χ1n) is 8.64. The van der Waals surface area contributed by atoms with Crippen molar-refractivity contribution in [2.24, 2.45) is 5.92 Å². The first-order valence-corrected chi connectivity index (χ1v) is 8.64. The van der Waals surface area contributed by atoms with Crippen LogP contribution in [0.15, 0.2) is 24.3 Å². The Morgan fingerprint density at radius 2 is 1.84 bits per heavy atom. The van der Waals surface area contributed by atoms with E-state index in [1.165, 1.54) is 12.1 Å². The van der Waals surface area contributed by atoms with Crippen molar-refractivity contribution in [1.82, 2.24) is 4.90 Å². The molecule has 1 aliphatic heterocycles. The number of benzene rings is 1. The van der Waals surface area contributed by atoms with E-state index < -0.39 is 11.7 Å². The predicted molar refractivity (Wildman–Crippen MR) is 85.2 cm³/mol. The summed E-state index contributed by atoms with van der Waals surface area (Å²) in [5, 5.41) is 0. The van der Waals surface area contributed by atoms with Crippen molar-refractivity contribution in [2.75, 3.05) is 26.3 Å². The van der Waals surface area contributed by atoms with Gasteiger partial charge in [-0.15, -0.1) is 0 Å². The highest BCUT2D eigenvalue weighted by molar-refractivity contribution is 5.79. The minimum atomic E-state index is -4.37. The number of amides is 1. The lowest BCUT2D eigenvalue weighted by atomic mass is 10.1. The maximum absolute atomic E-state index is 12.6. The van der Waals surface area contributed by atoms with E-state index in [1.807, 2.05) is 0 Å². The van der Waals surface area contributed by atoms with Crippen molar-refractivity contribution in [3.8, 4) is 5.75 Å². The molecule has 1 aromatic rings. The second-order valence-corrected chi connectivity index (χ2v) is 6.60. The van der Waals surface area contributed by atoms with Gasteiger partial charge in [0.1, 0.15) is 11.9 Å². The van der Waals surface area contributed by atoms with Crippen LogP contribution < -0.4 is 4.74 Å². The van der Waals surface area contributed by atoms with E-state index in [1.54, 1.807) is 4.90 Å². The van der Waals surface area contributed by atoms with Crippen molar-refractivity contribution in [2.45, 2.75) is 38.0 Å². The lowest BCUT2D eigenvalue weighted by molar-refractivity contribution is -0.138. The fourth-order valence-corrected chi connectivity index (χ4v) is 3.40. The van der Waals surface area contributed by atoms with Gasteiger partial charge in [0.25, 0.3) is 0 Å². The first kappa shape index (κ1) is 18.0. The van der Waals surface area contributed by atoms with Gasteiger partial charge in [0, 0.05) is 12.5 Å². The maximum atomic E-state index is 12.6. The Bertz CT molecular complexity index is 582. The zero-order chi connectivity index (χ0) is 17.9. The quantitative estimate of drug-likeness (QED) is 0.831. The van der Waals surface area contributed by atoms with Crippen LogP contribution in [0.2, 0.25) is 0 Å². The number of hydrogen-bond donors (Lipinski definition) is 0. The molecule has 7 heteroatoms. The molecule has 1 saturated heterocycles. The predicted octanol–water partition coefficient (Wildman–Crippen LogP) is 3.50. The molecule has 2 fully saturated rings. The molecule has 1 atom stereocenters. The summed E-state index contributed by atoms with van der Waals surface area (Å²) in [5.41, 5.74) is -0.713. The van der Waals surface area contributed by atoms with E-state index in [4.69, 9.17) is 9.47 Å². The number of carbonyl (C=O) groups excluding carboxylic acids is 1. The second-order valence-electron chi connectivity index (χ2n) is 6.60. The topological polar surface area (TPSA) is 38.8 Å². The Morgan fingerprint density at radius 3 is 2.48 bits per heavy atom. The average molecular weight is 357 g/mol.